The fourth-order valence-electron chi connectivity index (χ4n) is 1.50. The summed E-state index contributed by atoms with van der Waals surface area (Å²) < 4.78 is 18.5. The number of aliphatic hydroxyl groups is 1. The summed E-state index contributed by atoms with van der Waals surface area (Å²) in [6.07, 6.45) is 7.59. The number of alkyl halides is 2. The fraction of sp³-hybridized carbons (Fsp3) is 0.368. The number of aliphatic hydroxyl groups excluding tert-OH is 1. The van der Waals surface area contributed by atoms with Crippen LogP contribution >= 0.6 is 11.6 Å². The zero-order valence-electron chi connectivity index (χ0n) is 18.3. The molecule has 0 aromatic carbocycles. The second-order valence-electron chi connectivity index (χ2n) is 4.79. The summed E-state index contributed by atoms with van der Waals surface area (Å²) in [6, 6.07) is 0. The van der Waals surface area contributed by atoms with E-state index in [1.807, 2.05) is 0 Å². The number of allylic oxidation sites excluding steroid dienone is 8. The van der Waals surface area contributed by atoms with Crippen molar-refractivity contribution in [3.05, 3.63) is 68.6 Å². The first kappa shape index (κ1) is 40.0. The van der Waals surface area contributed by atoms with Crippen LogP contribution in [0, 0.1) is 0 Å². The van der Waals surface area contributed by atoms with Gasteiger partial charge in [0, 0.05) is 86.0 Å². The van der Waals surface area contributed by atoms with Crippen LogP contribution in [0.1, 0.15) is 13.8 Å². The molecule has 2 radical (unpaired) electrons. The molecule has 164 valence electrons. The van der Waals surface area contributed by atoms with Gasteiger partial charge in [-0.1, -0.05) is 23.3 Å². The molecule has 0 unspecified atom stereocenters. The maximum absolute atomic E-state index is 9.50. The Labute approximate surface area is 234 Å². The maximum Gasteiger partial charge on any atom is 0.101 e. The van der Waals surface area contributed by atoms with Gasteiger partial charge < -0.3 is 36.2 Å². The Bertz CT molecular complexity index is 655. The molecule has 11 heteroatoms. The molecule has 0 heterocycles. The smallest absolute Gasteiger partial charge is 0.101 e. The Kier molecular flexibility index (Phi) is 33.2. The molecule has 30 heavy (non-hydrogen) atoms. The van der Waals surface area contributed by atoms with Crippen LogP contribution in [0.25, 0.3) is 21.6 Å². The number of hydrogen-bond donors (Lipinski definition) is 1. The van der Waals surface area contributed by atoms with Crippen LogP contribution in [0.3, 0.4) is 0 Å². The van der Waals surface area contributed by atoms with Gasteiger partial charge in [-0.15, -0.1) is 23.0 Å². The van der Waals surface area contributed by atoms with Crippen LogP contribution in [0.15, 0.2) is 47.0 Å². The first-order chi connectivity index (χ1) is 13.2. The number of rotatable bonds is 1. The summed E-state index contributed by atoms with van der Waals surface area (Å²) in [7, 11) is 5.18. The average molecular weight is 591 g/mol. The van der Waals surface area contributed by atoms with Gasteiger partial charge in [-0.25, -0.2) is 0 Å². The summed E-state index contributed by atoms with van der Waals surface area (Å²) >= 11 is 4.64. The molecule has 2 rings (SSSR count). The Morgan fingerprint density at radius 2 is 1.07 bits per heavy atom. The average Bonchev–Trinajstić information content (AvgIpc) is 2.72. The molecular formula is C19H26ClFN4O3Y2-4. The minimum absolute atomic E-state index is 0. The summed E-state index contributed by atoms with van der Waals surface area (Å²) in [5, 5.41) is 45.1. The van der Waals surface area contributed by atoms with Crippen molar-refractivity contribution in [2.24, 2.45) is 0 Å². The van der Waals surface area contributed by atoms with Gasteiger partial charge >= 0.3 is 0 Å². The predicted molar refractivity (Wildman–Crippen MR) is 119 cm³/mol. The van der Waals surface area contributed by atoms with Crippen molar-refractivity contribution < 1.29 is 84.4 Å². The van der Waals surface area contributed by atoms with Gasteiger partial charge in [-0.3, -0.25) is 4.39 Å². The third-order valence-electron chi connectivity index (χ3n) is 2.87. The summed E-state index contributed by atoms with van der Waals surface area (Å²) in [5.41, 5.74) is 0.121. The zero-order chi connectivity index (χ0) is 22.9. The Hall–Kier alpha value is -0.372. The molecule has 1 N–H and O–H groups in total. The van der Waals surface area contributed by atoms with E-state index in [4.69, 9.17) is 20.7 Å². The molecule has 0 aliphatic heterocycles. The van der Waals surface area contributed by atoms with Gasteiger partial charge in [0.25, 0.3) is 0 Å². The second kappa shape index (κ2) is 24.9. The van der Waals surface area contributed by atoms with Crippen molar-refractivity contribution in [3.63, 3.8) is 0 Å². The Morgan fingerprint density at radius 3 is 1.40 bits per heavy atom. The molecule has 0 saturated carbocycles. The van der Waals surface area contributed by atoms with Crippen molar-refractivity contribution in [1.29, 1.82) is 0 Å². The van der Waals surface area contributed by atoms with E-state index in [2.05, 4.69) is 16.3 Å². The van der Waals surface area contributed by atoms with Gasteiger partial charge in [0.15, 0.2) is 0 Å². The minimum Gasteiger partial charge on any atom is -0.805 e. The Balaban J connectivity index is -0.000000102. The SMILES string of the molecule is CC1=CC=C(O)C(=[N-])C1=[N-].CCl.CF.COC.COC1=CC=C(C)C(=[N-])C1=[N-].[Y].[Y]. The third-order valence-corrected chi connectivity index (χ3v) is 2.87. The number of ether oxygens (including phenoxy) is 2. The largest absolute Gasteiger partial charge is 0.805 e. The molecule has 0 saturated heterocycles. The molecule has 0 atom stereocenters. The van der Waals surface area contributed by atoms with Crippen molar-refractivity contribution in [1.82, 2.24) is 0 Å². The number of halogens is 2. The van der Waals surface area contributed by atoms with Crippen molar-refractivity contribution in [2.75, 3.05) is 34.9 Å². The summed E-state index contributed by atoms with van der Waals surface area (Å²) in [4.78, 5) is 0. The fourth-order valence-corrected chi connectivity index (χ4v) is 1.50. The molecule has 0 spiro atoms. The molecule has 0 amide bonds. The van der Waals surface area contributed by atoms with Crippen LogP contribution in [-0.4, -0.2) is 62.8 Å². The number of hydrogen-bond acceptors (Lipinski definition) is 3. The van der Waals surface area contributed by atoms with Crippen molar-refractivity contribution >= 4 is 34.4 Å². The molecule has 0 bridgehead atoms. The van der Waals surface area contributed by atoms with Crippen molar-refractivity contribution in [3.8, 4) is 0 Å². The first-order valence-electron chi connectivity index (χ1n) is 7.62. The van der Waals surface area contributed by atoms with E-state index in [0.29, 0.717) is 18.3 Å². The number of nitrogens with zero attached hydrogens (tertiary/aromatic N) is 4. The quantitative estimate of drug-likeness (QED) is 0.354. The standard InChI is InChI=1S/C8H8N2O.C7H6N2O.C2H6O.CH3Cl.CH3F.2Y/c1-5-3-4-6(11-2)8(10)7(5)9;1-4-2-3-5(10)7(9)6(4)8;1-3-2;2*1-2;;/h3-4H,1-2H3;2-3,10H,1H3;1-2H3;2*1H3;;/q2*-2;;;;;. The summed E-state index contributed by atoms with van der Waals surface area (Å²) in [5.74, 6) is -0.0174. The topological polar surface area (TPSA) is 128 Å². The minimum atomic E-state index is -0.458. The van der Waals surface area contributed by atoms with Crippen LogP contribution < -0.4 is 0 Å². The van der Waals surface area contributed by atoms with Crippen LogP contribution in [0.4, 0.5) is 4.39 Å². The molecule has 0 fully saturated rings. The van der Waals surface area contributed by atoms with E-state index in [1.165, 1.54) is 25.6 Å². The zero-order valence-corrected chi connectivity index (χ0v) is 24.7. The second-order valence-corrected chi connectivity index (χ2v) is 4.79. The van der Waals surface area contributed by atoms with E-state index >= 15 is 0 Å². The van der Waals surface area contributed by atoms with Crippen LogP contribution in [-0.2, 0) is 74.9 Å². The molecular weight excluding hydrogens is 564 g/mol. The van der Waals surface area contributed by atoms with Crippen LogP contribution in [0.2, 0.25) is 0 Å². The summed E-state index contributed by atoms with van der Waals surface area (Å²) in [6.45, 7) is 3.34. The van der Waals surface area contributed by atoms with E-state index in [1.54, 1.807) is 40.2 Å². The predicted octanol–water partition coefficient (Wildman–Crippen LogP) is 4.60. The van der Waals surface area contributed by atoms with E-state index in [0.717, 1.165) is 0 Å². The molecule has 0 aromatic heterocycles. The third kappa shape index (κ3) is 15.4. The van der Waals surface area contributed by atoms with Gasteiger partial charge in [0.2, 0.25) is 0 Å². The van der Waals surface area contributed by atoms with E-state index in [9.17, 15) is 15.2 Å². The van der Waals surface area contributed by atoms with Gasteiger partial charge in [0.1, 0.15) is 5.76 Å². The van der Waals surface area contributed by atoms with Crippen molar-refractivity contribution in [2.45, 2.75) is 13.8 Å². The van der Waals surface area contributed by atoms with Gasteiger partial charge in [0.05, 0.1) is 20.0 Å². The molecule has 7 nitrogen and oxygen atoms in total. The van der Waals surface area contributed by atoms with Gasteiger partial charge in [-0.05, 0) is 26.0 Å². The van der Waals surface area contributed by atoms with E-state index < -0.39 is 5.71 Å². The number of methoxy groups -OCH3 is 2. The molecule has 2 aliphatic rings. The van der Waals surface area contributed by atoms with Gasteiger partial charge in [-0.2, -0.15) is 11.4 Å². The monoisotopic (exact) mass is 590 g/mol. The Morgan fingerprint density at radius 1 is 0.733 bits per heavy atom. The van der Waals surface area contributed by atoms with E-state index in [-0.39, 0.29) is 94.1 Å². The molecule has 2 aliphatic carbocycles. The normalized spacial score (nSPS) is 13.6. The molecule has 0 aromatic rings. The maximum atomic E-state index is 9.50. The first-order valence-corrected chi connectivity index (χ1v) is 8.38. The van der Waals surface area contributed by atoms with Crippen LogP contribution in [0.5, 0.6) is 0 Å².